The molecule has 0 bridgehead atoms. The molecule has 3 aromatic rings. The Bertz CT molecular complexity index is 839. The molecule has 25 heavy (non-hydrogen) atoms. The topological polar surface area (TPSA) is 54.9 Å². The first-order valence-corrected chi connectivity index (χ1v) is 9.54. The summed E-state index contributed by atoms with van der Waals surface area (Å²) in [5.41, 5.74) is 1.15. The van der Waals surface area contributed by atoms with E-state index < -0.39 is 0 Å². The van der Waals surface area contributed by atoms with E-state index in [1.807, 2.05) is 30.3 Å². The third kappa shape index (κ3) is 5.37. The van der Waals surface area contributed by atoms with Crippen LogP contribution in [0.3, 0.4) is 0 Å². The second kappa shape index (κ2) is 8.73. The molecule has 1 heterocycles. The van der Waals surface area contributed by atoms with Gasteiger partial charge in [0.15, 0.2) is 0 Å². The Morgan fingerprint density at radius 1 is 1.08 bits per heavy atom. The first-order chi connectivity index (χ1) is 12.2. The number of anilines is 1. The highest BCUT2D eigenvalue weighted by Crippen LogP contribution is 2.22. The summed E-state index contributed by atoms with van der Waals surface area (Å²) in [5.74, 6) is 0.0939. The third-order valence-corrected chi connectivity index (χ3v) is 5.22. The van der Waals surface area contributed by atoms with Crippen LogP contribution in [-0.2, 0) is 11.2 Å². The summed E-state index contributed by atoms with van der Waals surface area (Å²) in [6.45, 7) is 0. The summed E-state index contributed by atoms with van der Waals surface area (Å²) in [5, 5.41) is 12.2. The zero-order valence-electron chi connectivity index (χ0n) is 13.3. The molecular formula is C18H16FN3OS2. The SMILES string of the molecule is O=C(CCSc1ccccc1F)Nc1nnc(Cc2ccccc2)s1. The summed E-state index contributed by atoms with van der Waals surface area (Å²) in [6, 6.07) is 16.5. The summed E-state index contributed by atoms with van der Waals surface area (Å²) in [6.07, 6.45) is 0.976. The quantitative estimate of drug-likeness (QED) is 0.624. The smallest absolute Gasteiger partial charge is 0.227 e. The largest absolute Gasteiger partial charge is 0.301 e. The lowest BCUT2D eigenvalue weighted by atomic mass is 10.2. The fraction of sp³-hybridized carbons (Fsp3) is 0.167. The molecule has 0 unspecified atom stereocenters. The molecule has 0 radical (unpaired) electrons. The van der Waals surface area contributed by atoms with Crippen LogP contribution < -0.4 is 5.32 Å². The molecule has 0 aliphatic rings. The van der Waals surface area contributed by atoms with Crippen molar-refractivity contribution in [2.24, 2.45) is 0 Å². The van der Waals surface area contributed by atoms with Gasteiger partial charge in [-0.2, -0.15) is 0 Å². The van der Waals surface area contributed by atoms with E-state index in [1.165, 1.54) is 29.2 Å². The number of carbonyl (C=O) groups excluding carboxylic acids is 1. The summed E-state index contributed by atoms with van der Waals surface area (Å²) >= 11 is 2.69. The molecule has 0 spiro atoms. The number of halogens is 1. The Labute approximate surface area is 153 Å². The van der Waals surface area contributed by atoms with E-state index in [1.54, 1.807) is 18.2 Å². The molecule has 0 saturated carbocycles. The van der Waals surface area contributed by atoms with Gasteiger partial charge in [-0.15, -0.1) is 22.0 Å². The number of nitrogens with one attached hydrogen (secondary N) is 1. The van der Waals surface area contributed by atoms with Crippen LogP contribution in [0.25, 0.3) is 0 Å². The van der Waals surface area contributed by atoms with E-state index in [2.05, 4.69) is 15.5 Å². The fourth-order valence-electron chi connectivity index (χ4n) is 2.14. The molecule has 1 N–H and O–H groups in total. The number of benzene rings is 2. The predicted molar refractivity (Wildman–Crippen MR) is 99.5 cm³/mol. The van der Waals surface area contributed by atoms with E-state index in [0.29, 0.717) is 22.2 Å². The van der Waals surface area contributed by atoms with Crippen molar-refractivity contribution >= 4 is 34.1 Å². The number of nitrogens with zero attached hydrogens (tertiary/aromatic N) is 2. The van der Waals surface area contributed by atoms with Crippen LogP contribution >= 0.6 is 23.1 Å². The fourth-order valence-corrected chi connectivity index (χ4v) is 3.82. The lowest BCUT2D eigenvalue weighted by molar-refractivity contribution is -0.115. The van der Waals surface area contributed by atoms with Crippen LogP contribution in [0.5, 0.6) is 0 Å². The third-order valence-electron chi connectivity index (χ3n) is 3.33. The van der Waals surface area contributed by atoms with Gasteiger partial charge in [0.1, 0.15) is 10.8 Å². The van der Waals surface area contributed by atoms with E-state index in [4.69, 9.17) is 0 Å². The monoisotopic (exact) mass is 373 g/mol. The molecule has 128 valence electrons. The number of carbonyl (C=O) groups is 1. The van der Waals surface area contributed by atoms with E-state index in [-0.39, 0.29) is 18.1 Å². The molecule has 0 fully saturated rings. The van der Waals surface area contributed by atoms with Crippen molar-refractivity contribution in [3.8, 4) is 0 Å². The average Bonchev–Trinajstić information content (AvgIpc) is 3.04. The van der Waals surface area contributed by atoms with Gasteiger partial charge in [-0.3, -0.25) is 4.79 Å². The van der Waals surface area contributed by atoms with Crippen molar-refractivity contribution in [3.05, 3.63) is 71.0 Å². The van der Waals surface area contributed by atoms with Gasteiger partial charge in [0, 0.05) is 23.5 Å². The standard InChI is InChI=1S/C18H16FN3OS2/c19-14-8-4-5-9-15(14)24-11-10-16(23)20-18-22-21-17(25-18)12-13-6-2-1-3-7-13/h1-9H,10-12H2,(H,20,22,23). The van der Waals surface area contributed by atoms with Crippen molar-refractivity contribution in [1.29, 1.82) is 0 Å². The zero-order chi connectivity index (χ0) is 17.5. The van der Waals surface area contributed by atoms with E-state index in [0.717, 1.165) is 10.6 Å². The summed E-state index contributed by atoms with van der Waals surface area (Å²) < 4.78 is 13.5. The molecule has 7 heteroatoms. The lowest BCUT2D eigenvalue weighted by Gasteiger charge is -2.03. The van der Waals surface area contributed by atoms with Gasteiger partial charge < -0.3 is 5.32 Å². The maximum Gasteiger partial charge on any atom is 0.227 e. The van der Waals surface area contributed by atoms with Crippen molar-refractivity contribution in [2.75, 3.05) is 11.1 Å². The Balaban J connectivity index is 1.46. The molecular weight excluding hydrogens is 357 g/mol. The van der Waals surface area contributed by atoms with Gasteiger partial charge in [0.2, 0.25) is 11.0 Å². The van der Waals surface area contributed by atoms with Gasteiger partial charge in [0.05, 0.1) is 0 Å². The Morgan fingerprint density at radius 2 is 1.84 bits per heavy atom. The first kappa shape index (κ1) is 17.6. The van der Waals surface area contributed by atoms with Crippen LogP contribution in [0.2, 0.25) is 0 Å². The summed E-state index contributed by atoms with van der Waals surface area (Å²) in [7, 11) is 0. The molecule has 0 atom stereocenters. The maximum atomic E-state index is 13.5. The van der Waals surface area contributed by atoms with E-state index in [9.17, 15) is 9.18 Å². The molecule has 2 aromatic carbocycles. The van der Waals surface area contributed by atoms with Crippen molar-refractivity contribution in [1.82, 2.24) is 10.2 Å². The molecule has 1 aromatic heterocycles. The average molecular weight is 373 g/mol. The van der Waals surface area contributed by atoms with Gasteiger partial charge in [-0.05, 0) is 17.7 Å². The molecule has 4 nitrogen and oxygen atoms in total. The number of hydrogen-bond acceptors (Lipinski definition) is 5. The lowest BCUT2D eigenvalue weighted by Crippen LogP contribution is -2.12. The highest BCUT2D eigenvalue weighted by molar-refractivity contribution is 7.99. The van der Waals surface area contributed by atoms with Gasteiger partial charge in [-0.1, -0.05) is 53.8 Å². The number of aromatic nitrogens is 2. The van der Waals surface area contributed by atoms with E-state index >= 15 is 0 Å². The molecule has 1 amide bonds. The number of hydrogen-bond donors (Lipinski definition) is 1. The second-order valence-electron chi connectivity index (χ2n) is 5.24. The number of rotatable bonds is 7. The molecule has 0 aliphatic heterocycles. The first-order valence-electron chi connectivity index (χ1n) is 7.74. The molecule has 3 rings (SSSR count). The number of thioether (sulfide) groups is 1. The van der Waals surface area contributed by atoms with Crippen molar-refractivity contribution < 1.29 is 9.18 Å². The van der Waals surface area contributed by atoms with Gasteiger partial charge in [0.25, 0.3) is 0 Å². The minimum absolute atomic E-state index is 0.147. The Morgan fingerprint density at radius 3 is 2.64 bits per heavy atom. The molecule has 0 saturated heterocycles. The zero-order valence-corrected chi connectivity index (χ0v) is 14.9. The van der Waals surface area contributed by atoms with Crippen molar-refractivity contribution in [2.45, 2.75) is 17.7 Å². The Kier molecular flexibility index (Phi) is 6.14. The van der Waals surface area contributed by atoms with Crippen LogP contribution in [0.1, 0.15) is 17.0 Å². The van der Waals surface area contributed by atoms with Crippen LogP contribution in [0.4, 0.5) is 9.52 Å². The number of amides is 1. The Hall–Kier alpha value is -2.25. The minimum atomic E-state index is -0.261. The van der Waals surface area contributed by atoms with Crippen LogP contribution in [-0.4, -0.2) is 21.9 Å². The highest BCUT2D eigenvalue weighted by Gasteiger charge is 2.09. The van der Waals surface area contributed by atoms with Gasteiger partial charge >= 0.3 is 0 Å². The highest BCUT2D eigenvalue weighted by atomic mass is 32.2. The summed E-state index contributed by atoms with van der Waals surface area (Å²) in [4.78, 5) is 12.5. The molecule has 0 aliphatic carbocycles. The normalized spacial score (nSPS) is 10.6. The maximum absolute atomic E-state index is 13.5. The second-order valence-corrected chi connectivity index (χ2v) is 7.44. The van der Waals surface area contributed by atoms with Crippen molar-refractivity contribution in [3.63, 3.8) is 0 Å². The van der Waals surface area contributed by atoms with Gasteiger partial charge in [-0.25, -0.2) is 4.39 Å². The van der Waals surface area contributed by atoms with Crippen LogP contribution in [0, 0.1) is 5.82 Å². The minimum Gasteiger partial charge on any atom is -0.301 e. The predicted octanol–water partition coefficient (Wildman–Crippen LogP) is 4.39. The van der Waals surface area contributed by atoms with Crippen LogP contribution in [0.15, 0.2) is 59.5 Å².